The van der Waals surface area contributed by atoms with Gasteiger partial charge in [0, 0.05) is 30.0 Å². The zero-order chi connectivity index (χ0) is 12.8. The van der Waals surface area contributed by atoms with E-state index in [1.807, 2.05) is 13.0 Å². The highest BCUT2D eigenvalue weighted by atomic mass is 32.2. The molecule has 2 aliphatic heterocycles. The van der Waals surface area contributed by atoms with Crippen LogP contribution in [0.4, 0.5) is 0 Å². The van der Waals surface area contributed by atoms with Gasteiger partial charge in [0.2, 0.25) is 0 Å². The van der Waals surface area contributed by atoms with Crippen molar-refractivity contribution in [3.05, 3.63) is 17.0 Å². The van der Waals surface area contributed by atoms with Gasteiger partial charge in [0.05, 0.1) is 6.61 Å². The molecule has 4 nitrogen and oxygen atoms in total. The molecular formula is C12H17NO3S2. The van der Waals surface area contributed by atoms with Crippen molar-refractivity contribution in [3.8, 4) is 0 Å². The van der Waals surface area contributed by atoms with E-state index in [4.69, 9.17) is 4.74 Å². The third kappa shape index (κ3) is 2.01. The summed E-state index contributed by atoms with van der Waals surface area (Å²) in [6, 6.07) is 3.58. The second kappa shape index (κ2) is 4.30. The summed E-state index contributed by atoms with van der Waals surface area (Å²) in [5, 5.41) is 0. The number of thiophene rings is 1. The van der Waals surface area contributed by atoms with Gasteiger partial charge in [-0.15, -0.1) is 11.3 Å². The van der Waals surface area contributed by atoms with Crippen LogP contribution in [-0.2, 0) is 14.8 Å². The number of hydrogen-bond donors (Lipinski definition) is 0. The molecule has 1 spiro atoms. The molecular weight excluding hydrogens is 270 g/mol. The number of ether oxygens (including phenoxy) is 1. The maximum atomic E-state index is 12.5. The Morgan fingerprint density at radius 2 is 2.22 bits per heavy atom. The molecule has 1 unspecified atom stereocenters. The molecule has 18 heavy (non-hydrogen) atoms. The van der Waals surface area contributed by atoms with Crippen LogP contribution in [0.5, 0.6) is 0 Å². The second-order valence-electron chi connectivity index (χ2n) is 5.26. The number of rotatable bonds is 2. The van der Waals surface area contributed by atoms with E-state index >= 15 is 0 Å². The van der Waals surface area contributed by atoms with Crippen molar-refractivity contribution in [1.29, 1.82) is 0 Å². The minimum atomic E-state index is -3.29. The highest BCUT2D eigenvalue weighted by Gasteiger charge is 2.45. The van der Waals surface area contributed by atoms with Crippen LogP contribution in [0.15, 0.2) is 16.3 Å². The Balaban J connectivity index is 1.83. The molecule has 1 aromatic rings. The first-order valence-electron chi connectivity index (χ1n) is 6.16. The van der Waals surface area contributed by atoms with E-state index in [0.29, 0.717) is 23.9 Å². The van der Waals surface area contributed by atoms with Crippen LogP contribution in [0, 0.1) is 12.3 Å². The molecule has 0 amide bonds. The summed E-state index contributed by atoms with van der Waals surface area (Å²) >= 11 is 1.35. The lowest BCUT2D eigenvalue weighted by atomic mass is 9.87. The van der Waals surface area contributed by atoms with Gasteiger partial charge >= 0.3 is 0 Å². The number of aryl methyl sites for hydroxylation is 1. The van der Waals surface area contributed by atoms with Gasteiger partial charge < -0.3 is 4.74 Å². The van der Waals surface area contributed by atoms with E-state index in [2.05, 4.69) is 0 Å². The predicted octanol–water partition coefficient (Wildman–Crippen LogP) is 1.86. The Hall–Kier alpha value is -0.430. The van der Waals surface area contributed by atoms with Crippen LogP contribution < -0.4 is 0 Å². The van der Waals surface area contributed by atoms with Crippen molar-refractivity contribution in [3.63, 3.8) is 0 Å². The molecule has 0 bridgehead atoms. The molecule has 100 valence electrons. The Bertz CT molecular complexity index is 543. The van der Waals surface area contributed by atoms with E-state index in [-0.39, 0.29) is 5.41 Å². The second-order valence-corrected chi connectivity index (χ2v) is 8.71. The van der Waals surface area contributed by atoms with Crippen molar-refractivity contribution in [1.82, 2.24) is 4.31 Å². The predicted molar refractivity (Wildman–Crippen MR) is 70.3 cm³/mol. The molecule has 2 aliphatic rings. The average molecular weight is 287 g/mol. The zero-order valence-corrected chi connectivity index (χ0v) is 12.0. The molecule has 0 N–H and O–H groups in total. The molecule has 6 heteroatoms. The normalized spacial score (nSPS) is 29.4. The zero-order valence-electron chi connectivity index (χ0n) is 10.4. The van der Waals surface area contributed by atoms with Gasteiger partial charge in [-0.1, -0.05) is 0 Å². The fourth-order valence-corrected chi connectivity index (χ4v) is 5.74. The summed E-state index contributed by atoms with van der Waals surface area (Å²) in [7, 11) is -3.29. The van der Waals surface area contributed by atoms with Gasteiger partial charge in [0.25, 0.3) is 10.0 Å². The van der Waals surface area contributed by atoms with Crippen molar-refractivity contribution < 1.29 is 13.2 Å². The summed E-state index contributed by atoms with van der Waals surface area (Å²) in [5.41, 5.74) is 0.0827. The SMILES string of the molecule is Cc1ccc(S(=O)(=O)N2CCC3(CCOC3)C2)s1. The molecule has 0 radical (unpaired) electrons. The third-order valence-electron chi connectivity index (χ3n) is 3.90. The molecule has 3 rings (SSSR count). The molecule has 1 atom stereocenters. The minimum Gasteiger partial charge on any atom is -0.381 e. The maximum Gasteiger partial charge on any atom is 0.252 e. The topological polar surface area (TPSA) is 46.6 Å². The van der Waals surface area contributed by atoms with Crippen molar-refractivity contribution in [2.24, 2.45) is 5.41 Å². The van der Waals surface area contributed by atoms with E-state index in [0.717, 1.165) is 24.3 Å². The Kier molecular flexibility index (Phi) is 3.01. The number of sulfonamides is 1. The van der Waals surface area contributed by atoms with Gasteiger partial charge in [0.1, 0.15) is 4.21 Å². The van der Waals surface area contributed by atoms with Gasteiger partial charge in [-0.25, -0.2) is 8.42 Å². The Morgan fingerprint density at radius 1 is 1.39 bits per heavy atom. The highest BCUT2D eigenvalue weighted by molar-refractivity contribution is 7.91. The van der Waals surface area contributed by atoms with Gasteiger partial charge in [-0.2, -0.15) is 4.31 Å². The molecule has 2 saturated heterocycles. The number of nitrogens with zero attached hydrogens (tertiary/aromatic N) is 1. The fourth-order valence-electron chi connectivity index (χ4n) is 2.75. The quantitative estimate of drug-likeness (QED) is 0.834. The van der Waals surface area contributed by atoms with E-state index < -0.39 is 10.0 Å². The first-order chi connectivity index (χ1) is 8.52. The summed E-state index contributed by atoms with van der Waals surface area (Å²) in [6.07, 6.45) is 1.92. The standard InChI is InChI=1S/C12H17NO3S2/c1-10-2-3-11(17-10)18(14,15)13-6-4-12(8-13)5-7-16-9-12/h2-3H,4-9H2,1H3. The average Bonchev–Trinajstić information content (AvgIpc) is 3.02. The van der Waals surface area contributed by atoms with Crippen LogP contribution >= 0.6 is 11.3 Å². The summed E-state index contributed by atoms with van der Waals surface area (Å²) < 4.78 is 32.5. The fraction of sp³-hybridized carbons (Fsp3) is 0.667. The van der Waals surface area contributed by atoms with E-state index in [1.54, 1.807) is 10.4 Å². The van der Waals surface area contributed by atoms with Gasteiger partial charge in [0.15, 0.2) is 0 Å². The summed E-state index contributed by atoms with van der Waals surface area (Å²) in [6.45, 7) is 4.66. The smallest absolute Gasteiger partial charge is 0.252 e. The van der Waals surface area contributed by atoms with Crippen molar-refractivity contribution in [2.45, 2.75) is 24.0 Å². The Labute approximate surface area is 112 Å². The van der Waals surface area contributed by atoms with Crippen LogP contribution in [0.1, 0.15) is 17.7 Å². The largest absolute Gasteiger partial charge is 0.381 e. The maximum absolute atomic E-state index is 12.5. The molecule has 2 fully saturated rings. The van der Waals surface area contributed by atoms with E-state index in [9.17, 15) is 8.42 Å². The monoisotopic (exact) mass is 287 g/mol. The molecule has 0 aromatic carbocycles. The lowest BCUT2D eigenvalue weighted by molar-refractivity contribution is 0.157. The van der Waals surface area contributed by atoms with Gasteiger partial charge in [-0.05, 0) is 31.9 Å². The van der Waals surface area contributed by atoms with Crippen LogP contribution in [0.2, 0.25) is 0 Å². The summed E-state index contributed by atoms with van der Waals surface area (Å²) in [5.74, 6) is 0. The first kappa shape index (κ1) is 12.6. The van der Waals surface area contributed by atoms with Gasteiger partial charge in [-0.3, -0.25) is 0 Å². The first-order valence-corrected chi connectivity index (χ1v) is 8.42. The third-order valence-corrected chi connectivity index (χ3v) is 7.21. The molecule has 3 heterocycles. The Morgan fingerprint density at radius 3 is 2.83 bits per heavy atom. The van der Waals surface area contributed by atoms with E-state index in [1.165, 1.54) is 11.3 Å². The lowest BCUT2D eigenvalue weighted by Crippen LogP contribution is -2.32. The molecule has 1 aromatic heterocycles. The van der Waals surface area contributed by atoms with Crippen LogP contribution in [0.3, 0.4) is 0 Å². The minimum absolute atomic E-state index is 0.0827. The van der Waals surface area contributed by atoms with Crippen molar-refractivity contribution in [2.75, 3.05) is 26.3 Å². The lowest BCUT2D eigenvalue weighted by Gasteiger charge is -2.21. The summed E-state index contributed by atoms with van der Waals surface area (Å²) in [4.78, 5) is 1.03. The molecule has 0 saturated carbocycles. The van der Waals surface area contributed by atoms with Crippen LogP contribution in [0.25, 0.3) is 0 Å². The number of hydrogen-bond acceptors (Lipinski definition) is 4. The highest BCUT2D eigenvalue weighted by Crippen LogP contribution is 2.40. The van der Waals surface area contributed by atoms with Crippen molar-refractivity contribution >= 4 is 21.4 Å². The molecule has 0 aliphatic carbocycles. The van der Waals surface area contributed by atoms with Crippen LogP contribution in [-0.4, -0.2) is 39.0 Å².